The van der Waals surface area contributed by atoms with Gasteiger partial charge in [-0.2, -0.15) is 0 Å². The zero-order chi connectivity index (χ0) is 7.40. The maximum Gasteiger partial charge on any atom is -0.00884 e. The van der Waals surface area contributed by atoms with Crippen LogP contribution in [0.1, 0.15) is 13.3 Å². The average Bonchev–Trinajstić information content (AvgIpc) is 2.36. The predicted octanol–water partition coefficient (Wildman–Crippen LogP) is 3.01. The van der Waals surface area contributed by atoms with E-state index in [0.29, 0.717) is 0 Å². The minimum Gasteiger partial charge on any atom is -0.0988 e. The molecule has 0 amide bonds. The molecule has 1 aliphatic rings. The Morgan fingerprint density at radius 1 is 1.60 bits per heavy atom. The van der Waals surface area contributed by atoms with E-state index in [9.17, 15) is 0 Å². The number of rotatable bonds is 2. The molecule has 0 bridgehead atoms. The lowest BCUT2D eigenvalue weighted by atomic mass is 10.1. The molecule has 0 radical (unpaired) electrons. The minimum absolute atomic E-state index is 1.04. The molecule has 10 heavy (non-hydrogen) atoms. The van der Waals surface area contributed by atoms with Gasteiger partial charge in [0.15, 0.2) is 0 Å². The van der Waals surface area contributed by atoms with Crippen LogP contribution in [0.15, 0.2) is 48.1 Å². The molecule has 1 rings (SSSR count). The highest BCUT2D eigenvalue weighted by Crippen LogP contribution is 2.20. The molecule has 0 atom stereocenters. The molecule has 1 aliphatic carbocycles. The third-order valence-corrected chi connectivity index (χ3v) is 1.60. The maximum absolute atomic E-state index is 3.74. The molecule has 0 unspecified atom stereocenters. The molecule has 0 fully saturated rings. The van der Waals surface area contributed by atoms with E-state index in [2.05, 4.69) is 30.9 Å². The van der Waals surface area contributed by atoms with E-state index >= 15 is 0 Å². The van der Waals surface area contributed by atoms with Crippen molar-refractivity contribution in [2.24, 2.45) is 0 Å². The Bertz CT molecular complexity index is 214. The third kappa shape index (κ3) is 1.27. The summed E-state index contributed by atoms with van der Waals surface area (Å²) in [6.07, 6.45) is 11.4. The second-order valence-electron chi connectivity index (χ2n) is 2.29. The molecule has 0 nitrogen and oxygen atoms in total. The standard InChI is InChI=1S/C10H12/c1-3-6-10-8-5-7-9(10)4-2/h3-6,8H,2,7H2,1H3/b6-3-. The van der Waals surface area contributed by atoms with Crippen LogP contribution < -0.4 is 0 Å². The SMILES string of the molecule is C=CC1=C(/C=C\C)C=CC1. The van der Waals surface area contributed by atoms with Crippen molar-refractivity contribution in [3.63, 3.8) is 0 Å². The first-order valence-electron chi connectivity index (χ1n) is 3.53. The highest BCUT2D eigenvalue weighted by atomic mass is 14.1. The lowest BCUT2D eigenvalue weighted by molar-refractivity contribution is 1.32. The van der Waals surface area contributed by atoms with E-state index in [1.807, 2.05) is 13.0 Å². The predicted molar refractivity (Wildman–Crippen MR) is 45.8 cm³/mol. The minimum atomic E-state index is 1.04. The lowest BCUT2D eigenvalue weighted by Gasteiger charge is -1.93. The van der Waals surface area contributed by atoms with E-state index in [0.717, 1.165) is 6.42 Å². The van der Waals surface area contributed by atoms with Crippen LogP contribution in [0.2, 0.25) is 0 Å². The Labute approximate surface area is 62.3 Å². The van der Waals surface area contributed by atoms with Crippen LogP contribution in [0.5, 0.6) is 0 Å². The number of allylic oxidation sites excluding steroid dienone is 7. The highest BCUT2D eigenvalue weighted by Gasteiger charge is 2.00. The normalized spacial score (nSPS) is 17.3. The Hall–Kier alpha value is -1.04. The second-order valence-corrected chi connectivity index (χ2v) is 2.29. The fraction of sp³-hybridized carbons (Fsp3) is 0.200. The topological polar surface area (TPSA) is 0 Å². The van der Waals surface area contributed by atoms with Crippen molar-refractivity contribution in [3.05, 3.63) is 48.1 Å². The zero-order valence-electron chi connectivity index (χ0n) is 6.30. The van der Waals surface area contributed by atoms with Gasteiger partial charge < -0.3 is 0 Å². The van der Waals surface area contributed by atoms with Crippen molar-refractivity contribution in [2.75, 3.05) is 0 Å². The fourth-order valence-corrected chi connectivity index (χ4v) is 1.08. The molecule has 0 heterocycles. The van der Waals surface area contributed by atoms with Crippen LogP contribution >= 0.6 is 0 Å². The molecule has 0 spiro atoms. The van der Waals surface area contributed by atoms with Gasteiger partial charge in [-0.05, 0) is 24.5 Å². The molecule has 0 saturated carbocycles. The molecule has 0 aliphatic heterocycles. The smallest absolute Gasteiger partial charge is 0.00884 e. The summed E-state index contributed by atoms with van der Waals surface area (Å²) >= 11 is 0. The number of hydrogen-bond donors (Lipinski definition) is 0. The molecule has 0 aromatic carbocycles. The van der Waals surface area contributed by atoms with Gasteiger partial charge in [-0.15, -0.1) is 0 Å². The van der Waals surface area contributed by atoms with Crippen molar-refractivity contribution in [1.82, 2.24) is 0 Å². The van der Waals surface area contributed by atoms with E-state index in [-0.39, 0.29) is 0 Å². The van der Waals surface area contributed by atoms with Gasteiger partial charge in [-0.3, -0.25) is 0 Å². The summed E-state index contributed by atoms with van der Waals surface area (Å²) in [5, 5.41) is 0. The van der Waals surface area contributed by atoms with E-state index in [1.54, 1.807) is 0 Å². The van der Waals surface area contributed by atoms with Crippen molar-refractivity contribution < 1.29 is 0 Å². The van der Waals surface area contributed by atoms with Crippen molar-refractivity contribution in [3.8, 4) is 0 Å². The van der Waals surface area contributed by atoms with Crippen LogP contribution in [-0.2, 0) is 0 Å². The van der Waals surface area contributed by atoms with Crippen molar-refractivity contribution >= 4 is 0 Å². The van der Waals surface area contributed by atoms with E-state index < -0.39 is 0 Å². The molecular weight excluding hydrogens is 120 g/mol. The zero-order valence-corrected chi connectivity index (χ0v) is 6.30. The number of hydrogen-bond acceptors (Lipinski definition) is 0. The van der Waals surface area contributed by atoms with Crippen LogP contribution in [0.3, 0.4) is 0 Å². The Morgan fingerprint density at radius 3 is 3.00 bits per heavy atom. The van der Waals surface area contributed by atoms with Gasteiger partial charge in [0.25, 0.3) is 0 Å². The third-order valence-electron chi connectivity index (χ3n) is 1.60. The second kappa shape index (κ2) is 3.21. The van der Waals surface area contributed by atoms with Gasteiger partial charge in [0.1, 0.15) is 0 Å². The molecule has 0 saturated heterocycles. The molecule has 0 aromatic heterocycles. The highest BCUT2D eigenvalue weighted by molar-refractivity contribution is 5.45. The van der Waals surface area contributed by atoms with Crippen molar-refractivity contribution in [2.45, 2.75) is 13.3 Å². The van der Waals surface area contributed by atoms with Gasteiger partial charge in [0, 0.05) is 0 Å². The van der Waals surface area contributed by atoms with E-state index in [1.165, 1.54) is 11.1 Å². The summed E-state index contributed by atoms with van der Waals surface area (Å²) < 4.78 is 0. The van der Waals surface area contributed by atoms with Crippen LogP contribution in [0, 0.1) is 0 Å². The molecule has 0 N–H and O–H groups in total. The summed E-state index contributed by atoms with van der Waals surface area (Å²) in [7, 11) is 0. The van der Waals surface area contributed by atoms with Gasteiger partial charge in [-0.25, -0.2) is 0 Å². The Morgan fingerprint density at radius 2 is 2.40 bits per heavy atom. The Kier molecular flexibility index (Phi) is 2.27. The molecule has 0 heteroatoms. The van der Waals surface area contributed by atoms with E-state index in [4.69, 9.17) is 0 Å². The summed E-state index contributed by atoms with van der Waals surface area (Å²) in [6, 6.07) is 0. The summed E-state index contributed by atoms with van der Waals surface area (Å²) in [4.78, 5) is 0. The van der Waals surface area contributed by atoms with Crippen molar-refractivity contribution in [1.29, 1.82) is 0 Å². The summed E-state index contributed by atoms with van der Waals surface area (Å²) in [6.45, 7) is 5.77. The largest absolute Gasteiger partial charge is 0.0988 e. The van der Waals surface area contributed by atoms with Gasteiger partial charge >= 0.3 is 0 Å². The fourth-order valence-electron chi connectivity index (χ4n) is 1.08. The molecule has 52 valence electrons. The van der Waals surface area contributed by atoms with Crippen LogP contribution in [0.25, 0.3) is 0 Å². The summed E-state index contributed by atoms with van der Waals surface area (Å²) in [5.74, 6) is 0. The van der Waals surface area contributed by atoms with Crippen LogP contribution in [-0.4, -0.2) is 0 Å². The maximum atomic E-state index is 3.74. The molecular formula is C10H12. The quantitative estimate of drug-likeness (QED) is 0.541. The molecule has 0 aromatic rings. The van der Waals surface area contributed by atoms with Crippen LogP contribution in [0.4, 0.5) is 0 Å². The van der Waals surface area contributed by atoms with Gasteiger partial charge in [0.05, 0.1) is 0 Å². The van der Waals surface area contributed by atoms with Gasteiger partial charge in [0.2, 0.25) is 0 Å². The monoisotopic (exact) mass is 132 g/mol. The summed E-state index contributed by atoms with van der Waals surface area (Å²) in [5.41, 5.74) is 2.63. The first-order valence-corrected chi connectivity index (χ1v) is 3.53. The Balaban J connectivity index is 2.86. The average molecular weight is 132 g/mol. The first-order chi connectivity index (χ1) is 4.88. The lowest BCUT2D eigenvalue weighted by Crippen LogP contribution is -1.73. The first kappa shape index (κ1) is 7.07. The van der Waals surface area contributed by atoms with Gasteiger partial charge in [-0.1, -0.05) is 37.0 Å².